The predicted octanol–water partition coefficient (Wildman–Crippen LogP) is 0.0859. The van der Waals surface area contributed by atoms with Crippen molar-refractivity contribution in [2.45, 2.75) is 36.7 Å². The average Bonchev–Trinajstić information content (AvgIpc) is 3.21. The number of anilines is 1. The van der Waals surface area contributed by atoms with E-state index in [0.29, 0.717) is 5.69 Å². The van der Waals surface area contributed by atoms with Crippen LogP contribution in [0, 0.1) is 11.3 Å². The zero-order valence-electron chi connectivity index (χ0n) is 11.5. The van der Waals surface area contributed by atoms with Crippen molar-refractivity contribution < 1.29 is 13.2 Å². The van der Waals surface area contributed by atoms with Crippen LogP contribution in [-0.4, -0.2) is 26.4 Å². The van der Waals surface area contributed by atoms with Crippen LogP contribution in [0.25, 0.3) is 0 Å². The molecule has 4 N–H and O–H groups in total. The van der Waals surface area contributed by atoms with Crippen molar-refractivity contribution in [3.63, 3.8) is 0 Å². The number of carbonyl (C=O) groups excluding carboxylic acids is 1. The van der Waals surface area contributed by atoms with Gasteiger partial charge in [-0.3, -0.25) is 4.79 Å². The van der Waals surface area contributed by atoms with Gasteiger partial charge in [-0.2, -0.15) is 9.98 Å². The number of hydrogen-bond donors (Lipinski definition) is 3. The fourth-order valence-corrected chi connectivity index (χ4v) is 3.11. The van der Waals surface area contributed by atoms with Gasteiger partial charge in [0.15, 0.2) is 0 Å². The first-order chi connectivity index (χ1) is 9.83. The summed E-state index contributed by atoms with van der Waals surface area (Å²) >= 11 is 0. The van der Waals surface area contributed by atoms with Crippen molar-refractivity contribution in [3.8, 4) is 6.07 Å². The molecule has 1 saturated carbocycles. The molecule has 1 fully saturated rings. The van der Waals surface area contributed by atoms with E-state index >= 15 is 0 Å². The maximum absolute atomic E-state index is 12.3. The van der Waals surface area contributed by atoms with Gasteiger partial charge in [0.05, 0.1) is 16.5 Å². The third-order valence-corrected chi connectivity index (χ3v) is 4.66. The lowest BCUT2D eigenvalue weighted by molar-refractivity contribution is -0.122. The third kappa shape index (κ3) is 3.71. The lowest BCUT2D eigenvalue weighted by Crippen LogP contribution is -2.45. The summed E-state index contributed by atoms with van der Waals surface area (Å²) in [5.41, 5.74) is 5.77. The molecule has 1 aliphatic carbocycles. The van der Waals surface area contributed by atoms with Crippen molar-refractivity contribution in [1.29, 1.82) is 5.26 Å². The van der Waals surface area contributed by atoms with Crippen LogP contribution in [0.2, 0.25) is 0 Å². The molecule has 1 aromatic rings. The molecular formula is C13H16N4O3S. The molecule has 2 rings (SSSR count). The van der Waals surface area contributed by atoms with Crippen LogP contribution < -0.4 is 15.8 Å². The molecule has 7 nitrogen and oxygen atoms in total. The Morgan fingerprint density at radius 1 is 1.48 bits per heavy atom. The van der Waals surface area contributed by atoms with Gasteiger partial charge in [-0.15, -0.1) is 0 Å². The Morgan fingerprint density at radius 3 is 2.71 bits per heavy atom. The van der Waals surface area contributed by atoms with Gasteiger partial charge in [-0.1, -0.05) is 0 Å². The number of nitrogen functional groups attached to an aromatic ring is 1. The van der Waals surface area contributed by atoms with Crippen molar-refractivity contribution in [2.75, 3.05) is 5.73 Å². The van der Waals surface area contributed by atoms with Gasteiger partial charge in [0.1, 0.15) is 6.07 Å². The normalized spacial score (nSPS) is 16.0. The summed E-state index contributed by atoms with van der Waals surface area (Å²) in [6.07, 6.45) is 1.84. The van der Waals surface area contributed by atoms with E-state index in [4.69, 9.17) is 11.0 Å². The number of nitrogens with two attached hydrogens (primary N) is 1. The fraction of sp³-hybridized carbons (Fsp3) is 0.385. The van der Waals surface area contributed by atoms with Gasteiger partial charge in [-0.05, 0) is 38.0 Å². The summed E-state index contributed by atoms with van der Waals surface area (Å²) in [5, 5.41) is 11.7. The molecule has 1 amide bonds. The van der Waals surface area contributed by atoms with Crippen molar-refractivity contribution in [1.82, 2.24) is 10.0 Å². The molecule has 21 heavy (non-hydrogen) atoms. The van der Waals surface area contributed by atoms with Gasteiger partial charge >= 0.3 is 0 Å². The van der Waals surface area contributed by atoms with E-state index in [2.05, 4.69) is 10.0 Å². The minimum atomic E-state index is -3.97. The first-order valence-corrected chi connectivity index (χ1v) is 7.94. The topological polar surface area (TPSA) is 125 Å². The number of sulfonamides is 1. The smallest absolute Gasteiger partial charge is 0.242 e. The van der Waals surface area contributed by atoms with Gasteiger partial charge < -0.3 is 11.1 Å². The molecule has 0 aromatic heterocycles. The molecule has 8 heteroatoms. The number of nitrogens with one attached hydrogen (secondary N) is 2. The van der Waals surface area contributed by atoms with Crippen LogP contribution in [0.1, 0.15) is 25.3 Å². The van der Waals surface area contributed by atoms with Crippen LogP contribution in [0.4, 0.5) is 5.69 Å². The molecule has 1 unspecified atom stereocenters. The maximum Gasteiger partial charge on any atom is 0.242 e. The standard InChI is InChI=1S/C13H16N4O3S/c1-8(13(18)16-11-3-4-11)17-21(19,20)12-5-2-10(15)6-9(12)7-14/h2,5-6,8,11,17H,3-4,15H2,1H3,(H,16,18). The molecule has 1 atom stereocenters. The molecule has 0 spiro atoms. The zero-order chi connectivity index (χ0) is 15.6. The predicted molar refractivity (Wildman–Crippen MR) is 76.5 cm³/mol. The molecule has 0 aliphatic heterocycles. The lowest BCUT2D eigenvalue weighted by Gasteiger charge is -2.15. The molecule has 112 valence electrons. The number of hydrogen-bond acceptors (Lipinski definition) is 5. The summed E-state index contributed by atoms with van der Waals surface area (Å²) in [5.74, 6) is -0.380. The minimum Gasteiger partial charge on any atom is -0.399 e. The molecule has 0 heterocycles. The van der Waals surface area contributed by atoms with E-state index in [1.54, 1.807) is 6.07 Å². The maximum atomic E-state index is 12.3. The SMILES string of the molecule is CC(NS(=O)(=O)c1ccc(N)cc1C#N)C(=O)NC1CC1. The Balaban J connectivity index is 2.18. The van der Waals surface area contributed by atoms with E-state index in [0.717, 1.165) is 12.8 Å². The highest BCUT2D eigenvalue weighted by Crippen LogP contribution is 2.20. The molecule has 0 saturated heterocycles. The van der Waals surface area contributed by atoms with Gasteiger partial charge in [0.25, 0.3) is 0 Å². The largest absolute Gasteiger partial charge is 0.399 e. The number of amides is 1. The Hall–Kier alpha value is -2.11. The highest BCUT2D eigenvalue weighted by molar-refractivity contribution is 7.89. The minimum absolute atomic E-state index is 0.0581. The first-order valence-electron chi connectivity index (χ1n) is 6.46. The van der Waals surface area contributed by atoms with Gasteiger partial charge in [0, 0.05) is 11.7 Å². The monoisotopic (exact) mass is 308 g/mol. The summed E-state index contributed by atoms with van der Waals surface area (Å²) in [7, 11) is -3.97. The van der Waals surface area contributed by atoms with Crippen LogP contribution >= 0.6 is 0 Å². The Bertz CT molecular complexity index is 705. The van der Waals surface area contributed by atoms with E-state index in [9.17, 15) is 13.2 Å². The molecular weight excluding hydrogens is 292 g/mol. The fourth-order valence-electron chi connectivity index (χ4n) is 1.77. The molecule has 1 aromatic carbocycles. The number of benzene rings is 1. The molecule has 0 bridgehead atoms. The van der Waals surface area contributed by atoms with Crippen LogP contribution in [0.5, 0.6) is 0 Å². The number of nitriles is 1. The zero-order valence-corrected chi connectivity index (χ0v) is 12.3. The van der Waals surface area contributed by atoms with Gasteiger partial charge in [0.2, 0.25) is 15.9 Å². The third-order valence-electron chi connectivity index (χ3n) is 3.06. The Morgan fingerprint density at radius 2 is 2.14 bits per heavy atom. The summed E-state index contributed by atoms with van der Waals surface area (Å²) < 4.78 is 26.8. The summed E-state index contributed by atoms with van der Waals surface area (Å²) in [6.45, 7) is 1.46. The first kappa shape index (κ1) is 15.3. The van der Waals surface area contributed by atoms with E-state index < -0.39 is 16.1 Å². The quantitative estimate of drug-likeness (QED) is 0.665. The van der Waals surface area contributed by atoms with Crippen molar-refractivity contribution in [3.05, 3.63) is 23.8 Å². The second kappa shape index (κ2) is 5.71. The Kier molecular flexibility index (Phi) is 4.16. The van der Waals surface area contributed by atoms with Crippen LogP contribution in [0.15, 0.2) is 23.1 Å². The van der Waals surface area contributed by atoms with Crippen LogP contribution in [-0.2, 0) is 14.8 Å². The lowest BCUT2D eigenvalue weighted by atomic mass is 10.2. The van der Waals surface area contributed by atoms with Gasteiger partial charge in [-0.25, -0.2) is 8.42 Å². The average molecular weight is 308 g/mol. The van der Waals surface area contributed by atoms with E-state index in [1.807, 2.05) is 0 Å². The number of carbonyl (C=O) groups is 1. The number of nitrogens with zero attached hydrogens (tertiary/aromatic N) is 1. The van der Waals surface area contributed by atoms with Crippen molar-refractivity contribution >= 4 is 21.6 Å². The summed E-state index contributed by atoms with van der Waals surface area (Å²) in [6, 6.07) is 4.95. The second-order valence-corrected chi connectivity index (χ2v) is 6.68. The Labute approximate surface area is 123 Å². The molecule has 0 radical (unpaired) electrons. The molecule has 1 aliphatic rings. The highest BCUT2D eigenvalue weighted by Gasteiger charge is 2.28. The van der Waals surface area contributed by atoms with Crippen LogP contribution in [0.3, 0.4) is 0 Å². The highest BCUT2D eigenvalue weighted by atomic mass is 32.2. The van der Waals surface area contributed by atoms with E-state index in [-0.39, 0.29) is 22.4 Å². The second-order valence-electron chi connectivity index (χ2n) is 4.99. The van der Waals surface area contributed by atoms with Crippen molar-refractivity contribution in [2.24, 2.45) is 0 Å². The number of rotatable bonds is 5. The van der Waals surface area contributed by atoms with E-state index in [1.165, 1.54) is 25.1 Å². The summed E-state index contributed by atoms with van der Waals surface area (Å²) in [4.78, 5) is 11.6.